The number of carbonyl (C=O) groups excluding carboxylic acids is 12. The minimum absolute atomic E-state index is 0. The number of nitrogens with two attached hydrogens (primary N) is 8. The van der Waals surface area contributed by atoms with Crippen LogP contribution in [0.3, 0.4) is 0 Å². The van der Waals surface area contributed by atoms with E-state index in [9.17, 15) is 88.2 Å². The Labute approximate surface area is 790 Å². The maximum absolute atomic E-state index is 12.5. The first-order chi connectivity index (χ1) is 62.1. The zero-order chi connectivity index (χ0) is 98.4. The molecular formula is C81H166N20O30V. The van der Waals surface area contributed by atoms with Gasteiger partial charge < -0.3 is 165 Å². The smallest absolute Gasteiger partial charge is 0.320 e. The van der Waals surface area contributed by atoms with Gasteiger partial charge in [-0.3, -0.25) is 86.9 Å². The number of aliphatic hydroxyl groups is 6. The van der Waals surface area contributed by atoms with Crippen molar-refractivity contribution in [3.05, 3.63) is 0 Å². The normalized spacial score (nSPS) is 13.5. The van der Waals surface area contributed by atoms with E-state index in [4.69, 9.17) is 103 Å². The van der Waals surface area contributed by atoms with Crippen LogP contribution >= 0.6 is 0 Å². The number of ether oxygens (including phenoxy) is 12. The molecule has 0 spiro atoms. The van der Waals surface area contributed by atoms with Crippen LogP contribution < -0.4 is 77.8 Å². The summed E-state index contributed by atoms with van der Waals surface area (Å²) >= 11 is 0. The van der Waals surface area contributed by atoms with Crippen molar-refractivity contribution in [2.45, 2.75) is 112 Å². The molecule has 0 fully saturated rings. The molecule has 775 valence electrons. The van der Waals surface area contributed by atoms with Crippen LogP contribution in [-0.2, 0) is 133 Å². The fraction of sp³-hybridized carbons (Fsp3) is 0.852. The number of esters is 6. The summed E-state index contributed by atoms with van der Waals surface area (Å²) in [4.78, 5) is 157. The zero-order valence-electron chi connectivity index (χ0n) is 78.5. The SMILES string of the molecule is C.CCC(COCC(O)CN(CC(=O)NCCN)CC(=O)NCCN)(COCC(O)CN(CC(=O)NCCN)CC(=O)NCCN)COCC(O)CN(CC(=O)NCCN)CC(=O)NCCN.CCOC(=O)CN(CC(=O)OCC)CC(O)COCC(CC)(COCC(O)CN(CC(=O)OCC)CC(=O)OCC)COCC(O)CN(CC(=O)OCC)CC(=O)OCC.NCCN.[V]. The van der Waals surface area contributed by atoms with Crippen molar-refractivity contribution in [2.75, 3.05) is 328 Å². The van der Waals surface area contributed by atoms with Gasteiger partial charge in [0.2, 0.25) is 35.4 Å². The predicted molar refractivity (Wildman–Crippen MR) is 482 cm³/mol. The Morgan fingerprint density at radius 2 is 0.386 bits per heavy atom. The van der Waals surface area contributed by atoms with Crippen LogP contribution in [0, 0.1) is 10.8 Å². The van der Waals surface area contributed by atoms with E-state index in [0.717, 1.165) is 0 Å². The van der Waals surface area contributed by atoms with Crippen LogP contribution in [0.1, 0.15) is 75.7 Å². The molecule has 1 radical (unpaired) electrons. The Hall–Kier alpha value is -6.82. The largest absolute Gasteiger partial charge is 0.465 e. The summed E-state index contributed by atoms with van der Waals surface area (Å²) in [6.45, 7) is 12.7. The molecule has 132 heavy (non-hydrogen) atoms. The molecule has 50 nitrogen and oxygen atoms in total. The Kier molecular flexibility index (Phi) is 88.1. The maximum Gasteiger partial charge on any atom is 0.320 e. The van der Waals surface area contributed by atoms with Crippen molar-refractivity contribution in [1.82, 2.24) is 61.3 Å². The molecule has 0 saturated heterocycles. The summed E-state index contributed by atoms with van der Waals surface area (Å²) in [5.74, 6) is -5.93. The Morgan fingerprint density at radius 3 is 0.500 bits per heavy atom. The molecule has 0 saturated carbocycles. The number of amides is 6. The Balaban J connectivity index is -0.000000774. The van der Waals surface area contributed by atoms with Crippen LogP contribution in [0.2, 0.25) is 0 Å². The molecule has 0 aromatic carbocycles. The van der Waals surface area contributed by atoms with Crippen LogP contribution in [0.4, 0.5) is 0 Å². The van der Waals surface area contributed by atoms with Crippen LogP contribution in [0.5, 0.6) is 0 Å². The van der Waals surface area contributed by atoms with Crippen molar-refractivity contribution in [3.8, 4) is 0 Å². The number of nitrogens with one attached hydrogen (secondary N) is 6. The van der Waals surface area contributed by atoms with Crippen molar-refractivity contribution in [3.63, 3.8) is 0 Å². The van der Waals surface area contributed by atoms with Crippen molar-refractivity contribution in [2.24, 2.45) is 56.7 Å². The van der Waals surface area contributed by atoms with Gasteiger partial charge in [-0.1, -0.05) is 21.3 Å². The number of nitrogens with zero attached hydrogens (tertiary/aromatic N) is 6. The van der Waals surface area contributed by atoms with Gasteiger partial charge in [0.25, 0.3) is 0 Å². The topological polar surface area (TPSA) is 737 Å². The third-order valence-electron chi connectivity index (χ3n) is 17.7. The number of aliphatic hydroxyl groups excluding tert-OH is 6. The monoisotopic (exact) mass is 1950 g/mol. The summed E-state index contributed by atoms with van der Waals surface area (Å²) in [6.07, 6.45) is -6.24. The van der Waals surface area contributed by atoms with E-state index in [0.29, 0.717) is 25.9 Å². The molecule has 0 rings (SSSR count). The fourth-order valence-corrected chi connectivity index (χ4v) is 11.7. The number of rotatable bonds is 81. The molecule has 0 aliphatic heterocycles. The number of hydrogen-bond acceptors (Lipinski definition) is 44. The third-order valence-corrected chi connectivity index (χ3v) is 17.7. The summed E-state index contributed by atoms with van der Waals surface area (Å²) in [6, 6.07) is 0. The second kappa shape index (κ2) is 87.0. The molecule has 0 bridgehead atoms. The maximum atomic E-state index is 12.5. The summed E-state index contributed by atoms with van der Waals surface area (Å²) in [5, 5.41) is 81.5. The van der Waals surface area contributed by atoms with Crippen LogP contribution in [0.25, 0.3) is 0 Å². The van der Waals surface area contributed by atoms with Gasteiger partial charge in [-0.25, -0.2) is 0 Å². The summed E-state index contributed by atoms with van der Waals surface area (Å²) in [5.41, 5.74) is 40.9. The van der Waals surface area contributed by atoms with Gasteiger partial charge in [-0.05, 0) is 54.4 Å². The molecule has 0 aromatic heterocycles. The predicted octanol–water partition coefficient (Wildman–Crippen LogP) is -11.8. The Bertz CT molecular complexity index is 2590. The molecule has 6 amide bonds. The van der Waals surface area contributed by atoms with Gasteiger partial charge in [0.05, 0.1) is 234 Å². The van der Waals surface area contributed by atoms with Gasteiger partial charge in [0.15, 0.2) is 0 Å². The molecule has 0 aromatic rings. The molecule has 0 heterocycles. The quantitative estimate of drug-likeness (QED) is 0.0199. The van der Waals surface area contributed by atoms with E-state index in [1.165, 1.54) is 29.4 Å². The minimum Gasteiger partial charge on any atom is -0.465 e. The molecule has 28 N–H and O–H groups in total. The molecule has 51 heteroatoms. The zero-order valence-corrected chi connectivity index (χ0v) is 79.9. The van der Waals surface area contributed by atoms with E-state index in [-0.39, 0.29) is 341 Å². The van der Waals surface area contributed by atoms with Crippen molar-refractivity contribution >= 4 is 71.3 Å². The average molecular weight is 1950 g/mol. The second-order valence-corrected chi connectivity index (χ2v) is 30.0. The second-order valence-electron chi connectivity index (χ2n) is 30.0. The van der Waals surface area contributed by atoms with E-state index in [1.807, 2.05) is 13.8 Å². The van der Waals surface area contributed by atoms with Gasteiger partial charge >= 0.3 is 35.8 Å². The van der Waals surface area contributed by atoms with Gasteiger partial charge in [0, 0.05) is 160 Å². The fourth-order valence-electron chi connectivity index (χ4n) is 11.7. The standard InChI is InChI=1S/C39H83N15O12.C39H71N3O18.C2H8N2.CH4.V/c1-2-39(27-64-24-30(55)15-52(18-33(58)46-9-3-40)19-34(59)47-10-4-41,28-65-25-31(56)16-53(20-35(60)48-11-5-42)21-36(61)49-12-6-43)29-66-26-32(57)17-54(22-37(62)50-13-7-44)23-38(63)51-14-8-45;1-8-39(27-52-24-30(43)15-40(18-33(46)55-9-2)19-34(47)56-10-3,28-53-25-31(44)16-41(20-35(48)57-11-4)21-36(49)58-12-5)29-54-26-32(45)17-42(22-37(50)59-13-6)23-38(51)60-14-7;3-1-2-4;;/h30-32,55-57H,2-29,40-45H2,1H3,(H,46,58)(H,47,59)(H,48,60)(H,49,61)(H,50,62)(H,51,63);30-32,43-45H,8-29H2,1-7H3;1-4H2;1H4;. The Morgan fingerprint density at radius 1 is 0.250 bits per heavy atom. The van der Waals surface area contributed by atoms with E-state index >= 15 is 0 Å². The van der Waals surface area contributed by atoms with Crippen molar-refractivity contribution < 1.29 is 164 Å². The molecular weight excluding hydrogens is 1780 g/mol. The van der Waals surface area contributed by atoms with Crippen LogP contribution in [0.15, 0.2) is 0 Å². The summed E-state index contributed by atoms with van der Waals surface area (Å²) in [7, 11) is 0. The van der Waals surface area contributed by atoms with Crippen molar-refractivity contribution in [1.29, 1.82) is 0 Å². The molecule has 0 aliphatic rings. The minimum atomic E-state index is -1.17. The van der Waals surface area contributed by atoms with Gasteiger partial charge in [0.1, 0.15) is 0 Å². The van der Waals surface area contributed by atoms with E-state index < -0.39 is 119 Å². The average Bonchev–Trinajstić information content (AvgIpc) is 0.867. The first-order valence-electron chi connectivity index (χ1n) is 44.1. The summed E-state index contributed by atoms with van der Waals surface area (Å²) < 4.78 is 65.9. The van der Waals surface area contributed by atoms with Crippen LogP contribution in [-0.4, -0.2) is 496 Å². The number of hydrogen-bond donors (Lipinski definition) is 20. The molecule has 0 aliphatic carbocycles. The van der Waals surface area contributed by atoms with E-state index in [1.54, 1.807) is 41.5 Å². The number of carbonyl (C=O) groups is 12. The van der Waals surface area contributed by atoms with Gasteiger partial charge in [-0.15, -0.1) is 0 Å². The molecule has 6 unspecified atom stereocenters. The third kappa shape index (κ3) is 75.4. The first-order valence-corrected chi connectivity index (χ1v) is 44.1. The molecule has 6 atom stereocenters. The van der Waals surface area contributed by atoms with Gasteiger partial charge in [-0.2, -0.15) is 0 Å². The van der Waals surface area contributed by atoms with E-state index in [2.05, 4.69) is 31.9 Å². The first kappa shape index (κ1) is 134.